The lowest BCUT2D eigenvalue weighted by molar-refractivity contribution is -0.137. The number of H-pyrrole nitrogens is 1. The smallest absolute Gasteiger partial charge is 0.303 e. The van der Waals surface area contributed by atoms with E-state index in [1.165, 1.54) is 31.4 Å². The monoisotopic (exact) mass is 321 g/mol. The molecule has 1 aromatic rings. The summed E-state index contributed by atoms with van der Waals surface area (Å²) in [7, 11) is 0. The summed E-state index contributed by atoms with van der Waals surface area (Å²) in [5.74, 6) is -0.714. The molecule has 3 N–H and O–H groups in total. The highest BCUT2D eigenvalue weighted by Gasteiger charge is 2.22. The van der Waals surface area contributed by atoms with Gasteiger partial charge in [-0.15, -0.1) is 0 Å². The zero-order valence-electron chi connectivity index (χ0n) is 13.1. The summed E-state index contributed by atoms with van der Waals surface area (Å²) in [5.41, 5.74) is -0.236. The molecule has 2 rings (SSSR count). The van der Waals surface area contributed by atoms with Gasteiger partial charge in [-0.2, -0.15) is 5.10 Å². The van der Waals surface area contributed by atoms with Gasteiger partial charge in [0, 0.05) is 18.5 Å². The van der Waals surface area contributed by atoms with Crippen LogP contribution in [0.1, 0.15) is 61.9 Å². The van der Waals surface area contributed by atoms with Gasteiger partial charge in [-0.3, -0.25) is 14.4 Å². The maximum atomic E-state index is 12.2. The molecule has 1 fully saturated rings. The average molecular weight is 321 g/mol. The van der Waals surface area contributed by atoms with Crippen LogP contribution in [0.2, 0.25) is 0 Å². The standard InChI is InChI=1S/C16H23N3O4/c20-14-8-7-13(18-19-14)16(23)17-12(6-9-15(21)22)10-11-4-2-1-3-5-11/h7-8,11-12H,1-6,9-10H2,(H,17,23)(H,19,20)(H,21,22). The maximum absolute atomic E-state index is 12.2. The van der Waals surface area contributed by atoms with E-state index in [0.29, 0.717) is 12.3 Å². The van der Waals surface area contributed by atoms with Gasteiger partial charge in [-0.1, -0.05) is 32.1 Å². The second kappa shape index (κ2) is 8.45. The van der Waals surface area contributed by atoms with Crippen molar-refractivity contribution in [2.75, 3.05) is 0 Å². The third-order valence-electron chi connectivity index (χ3n) is 4.30. The van der Waals surface area contributed by atoms with Crippen LogP contribution in [0, 0.1) is 5.92 Å². The van der Waals surface area contributed by atoms with E-state index in [1.54, 1.807) is 0 Å². The van der Waals surface area contributed by atoms with E-state index in [1.807, 2.05) is 0 Å². The number of nitrogens with one attached hydrogen (secondary N) is 2. The van der Waals surface area contributed by atoms with Gasteiger partial charge in [0.1, 0.15) is 5.69 Å². The van der Waals surface area contributed by atoms with Crippen molar-refractivity contribution in [1.82, 2.24) is 15.5 Å². The third-order valence-corrected chi connectivity index (χ3v) is 4.30. The van der Waals surface area contributed by atoms with Gasteiger partial charge in [-0.25, -0.2) is 5.10 Å². The first-order chi connectivity index (χ1) is 11.0. The van der Waals surface area contributed by atoms with Gasteiger partial charge < -0.3 is 10.4 Å². The fraction of sp³-hybridized carbons (Fsp3) is 0.625. The van der Waals surface area contributed by atoms with Gasteiger partial charge in [0.05, 0.1) is 0 Å². The molecule has 0 spiro atoms. The molecule has 1 heterocycles. The van der Waals surface area contributed by atoms with Crippen molar-refractivity contribution in [2.45, 2.75) is 57.4 Å². The fourth-order valence-corrected chi connectivity index (χ4v) is 3.10. The molecule has 1 saturated carbocycles. The predicted octanol–water partition coefficient (Wildman–Crippen LogP) is 1.70. The van der Waals surface area contributed by atoms with E-state index in [2.05, 4.69) is 15.5 Å². The Kier molecular flexibility index (Phi) is 6.31. The summed E-state index contributed by atoms with van der Waals surface area (Å²) >= 11 is 0. The van der Waals surface area contributed by atoms with Crippen LogP contribution in [0.4, 0.5) is 0 Å². The molecule has 1 aliphatic rings. The Morgan fingerprint density at radius 2 is 2.04 bits per heavy atom. The molecule has 0 saturated heterocycles. The molecule has 0 aromatic carbocycles. The Morgan fingerprint density at radius 1 is 1.30 bits per heavy atom. The molecule has 1 aliphatic carbocycles. The second-order valence-corrected chi connectivity index (χ2v) is 6.15. The number of carbonyl (C=O) groups is 2. The molecule has 126 valence electrons. The molecule has 23 heavy (non-hydrogen) atoms. The van der Waals surface area contributed by atoms with Crippen molar-refractivity contribution in [1.29, 1.82) is 0 Å². The van der Waals surface area contributed by atoms with E-state index >= 15 is 0 Å². The van der Waals surface area contributed by atoms with Crippen molar-refractivity contribution in [3.63, 3.8) is 0 Å². The number of hydrogen-bond acceptors (Lipinski definition) is 4. The molecule has 0 radical (unpaired) electrons. The van der Waals surface area contributed by atoms with Gasteiger partial charge in [0.2, 0.25) is 0 Å². The van der Waals surface area contributed by atoms with Crippen LogP contribution in [0.25, 0.3) is 0 Å². The largest absolute Gasteiger partial charge is 0.481 e. The van der Waals surface area contributed by atoms with Crippen LogP contribution in [-0.2, 0) is 4.79 Å². The first kappa shape index (κ1) is 17.2. The Morgan fingerprint density at radius 3 is 2.65 bits per heavy atom. The minimum Gasteiger partial charge on any atom is -0.481 e. The molecule has 7 nitrogen and oxygen atoms in total. The first-order valence-corrected chi connectivity index (χ1v) is 8.13. The van der Waals surface area contributed by atoms with Crippen LogP contribution in [-0.4, -0.2) is 33.2 Å². The van der Waals surface area contributed by atoms with Crippen LogP contribution in [0.3, 0.4) is 0 Å². The van der Waals surface area contributed by atoms with Crippen molar-refractivity contribution in [3.05, 3.63) is 28.2 Å². The molecule has 1 aromatic heterocycles. The van der Waals surface area contributed by atoms with Crippen LogP contribution in [0.5, 0.6) is 0 Å². The maximum Gasteiger partial charge on any atom is 0.303 e. The summed E-state index contributed by atoms with van der Waals surface area (Å²) in [6.07, 6.45) is 7.15. The molecule has 1 amide bonds. The lowest BCUT2D eigenvalue weighted by Gasteiger charge is -2.27. The minimum atomic E-state index is -0.866. The Labute approximate surface area is 134 Å². The molecule has 1 unspecified atom stereocenters. The molecule has 1 atom stereocenters. The number of rotatable bonds is 7. The minimum absolute atomic E-state index is 0.0245. The van der Waals surface area contributed by atoms with E-state index in [0.717, 1.165) is 19.3 Å². The Balaban J connectivity index is 1.97. The highest BCUT2D eigenvalue weighted by molar-refractivity contribution is 5.92. The summed E-state index contributed by atoms with van der Waals surface area (Å²) in [4.78, 5) is 34.0. The lowest BCUT2D eigenvalue weighted by atomic mass is 9.84. The first-order valence-electron chi connectivity index (χ1n) is 8.13. The second-order valence-electron chi connectivity index (χ2n) is 6.15. The van der Waals surface area contributed by atoms with Gasteiger partial charge in [-0.05, 0) is 24.8 Å². The number of hydrogen-bond donors (Lipinski definition) is 3. The SMILES string of the molecule is O=C(O)CCC(CC1CCCCC1)NC(=O)c1ccc(=O)[nH]n1. The quantitative estimate of drug-likeness (QED) is 0.707. The van der Waals surface area contributed by atoms with Gasteiger partial charge in [0.25, 0.3) is 11.5 Å². The van der Waals surface area contributed by atoms with E-state index < -0.39 is 5.97 Å². The van der Waals surface area contributed by atoms with Crippen molar-refractivity contribution in [2.24, 2.45) is 5.92 Å². The van der Waals surface area contributed by atoms with Crippen LogP contribution in [0.15, 0.2) is 16.9 Å². The van der Waals surface area contributed by atoms with Gasteiger partial charge >= 0.3 is 5.97 Å². The fourth-order valence-electron chi connectivity index (χ4n) is 3.10. The molecule has 7 heteroatoms. The number of nitrogens with zero attached hydrogens (tertiary/aromatic N) is 1. The molecule has 0 aliphatic heterocycles. The predicted molar refractivity (Wildman–Crippen MR) is 84.2 cm³/mol. The van der Waals surface area contributed by atoms with Crippen LogP contribution < -0.4 is 10.9 Å². The van der Waals surface area contributed by atoms with Crippen molar-refractivity contribution in [3.8, 4) is 0 Å². The lowest BCUT2D eigenvalue weighted by Crippen LogP contribution is -2.37. The number of aromatic nitrogens is 2. The zero-order valence-corrected chi connectivity index (χ0v) is 13.1. The Hall–Kier alpha value is -2.18. The number of aromatic amines is 1. The van der Waals surface area contributed by atoms with E-state index in [-0.39, 0.29) is 29.6 Å². The highest BCUT2D eigenvalue weighted by atomic mass is 16.4. The normalized spacial score (nSPS) is 16.7. The number of amides is 1. The summed E-state index contributed by atoms with van der Waals surface area (Å²) < 4.78 is 0. The summed E-state index contributed by atoms with van der Waals surface area (Å²) in [5, 5.41) is 17.7. The zero-order chi connectivity index (χ0) is 16.7. The summed E-state index contributed by atoms with van der Waals surface area (Å²) in [6.45, 7) is 0. The molecular weight excluding hydrogens is 298 g/mol. The van der Waals surface area contributed by atoms with Crippen molar-refractivity contribution < 1.29 is 14.7 Å². The number of carbonyl (C=O) groups excluding carboxylic acids is 1. The average Bonchev–Trinajstić information content (AvgIpc) is 2.54. The Bertz CT molecular complexity index is 573. The summed E-state index contributed by atoms with van der Waals surface area (Å²) in [6, 6.07) is 2.42. The van der Waals surface area contributed by atoms with Crippen LogP contribution >= 0.6 is 0 Å². The third kappa shape index (κ3) is 5.84. The topological polar surface area (TPSA) is 112 Å². The van der Waals surface area contributed by atoms with E-state index in [4.69, 9.17) is 5.11 Å². The number of carboxylic acid groups (broad SMARTS) is 1. The molecular formula is C16H23N3O4. The number of aliphatic carboxylic acids is 1. The number of carboxylic acids is 1. The van der Waals surface area contributed by atoms with E-state index in [9.17, 15) is 14.4 Å². The van der Waals surface area contributed by atoms with Gasteiger partial charge in [0.15, 0.2) is 0 Å². The van der Waals surface area contributed by atoms with Crippen molar-refractivity contribution >= 4 is 11.9 Å². The molecule has 0 bridgehead atoms. The highest BCUT2D eigenvalue weighted by Crippen LogP contribution is 2.28.